The molecule has 1 rings (SSSR count). The minimum atomic E-state index is -0.709. The highest BCUT2D eigenvalue weighted by molar-refractivity contribution is 9.10. The van der Waals surface area contributed by atoms with Crippen molar-refractivity contribution in [1.29, 1.82) is 0 Å². The van der Waals surface area contributed by atoms with E-state index >= 15 is 0 Å². The maximum Gasteiger partial charge on any atom is 0.331 e. The van der Waals surface area contributed by atoms with Crippen molar-refractivity contribution in [1.82, 2.24) is 10.6 Å². The molecule has 3 amide bonds. The quantitative estimate of drug-likeness (QED) is 0.530. The summed E-state index contributed by atoms with van der Waals surface area (Å²) >= 11 is 3.33. The molecule has 7 nitrogen and oxygen atoms in total. The van der Waals surface area contributed by atoms with Crippen molar-refractivity contribution in [3.63, 3.8) is 0 Å². The lowest BCUT2D eigenvalue weighted by Crippen LogP contribution is -2.44. The largest absolute Gasteiger partial charge is 0.496 e. The van der Waals surface area contributed by atoms with Gasteiger partial charge < -0.3 is 14.8 Å². The zero-order valence-corrected chi connectivity index (χ0v) is 15.9. The molecule has 0 aliphatic rings. The lowest BCUT2D eigenvalue weighted by Gasteiger charge is -2.11. The van der Waals surface area contributed by atoms with Crippen LogP contribution in [0.15, 0.2) is 28.7 Å². The van der Waals surface area contributed by atoms with Gasteiger partial charge in [0.1, 0.15) is 5.75 Å². The first-order valence-electron chi connectivity index (χ1n) is 7.64. The summed E-state index contributed by atoms with van der Waals surface area (Å²) in [4.78, 5) is 34.7. The van der Waals surface area contributed by atoms with Gasteiger partial charge in [0, 0.05) is 22.2 Å². The molecular weight excluding hydrogens is 392 g/mol. The Bertz CT molecular complexity index is 660. The van der Waals surface area contributed by atoms with Crippen molar-refractivity contribution in [3.8, 4) is 5.75 Å². The van der Waals surface area contributed by atoms with Crippen molar-refractivity contribution >= 4 is 39.9 Å². The summed E-state index contributed by atoms with van der Waals surface area (Å²) in [6.07, 6.45) is 3.43. The molecule has 0 radical (unpaired) electrons. The topological polar surface area (TPSA) is 93.7 Å². The Labute approximate surface area is 154 Å². The van der Waals surface area contributed by atoms with E-state index in [2.05, 4.69) is 26.6 Å². The molecule has 0 spiro atoms. The first-order chi connectivity index (χ1) is 11.8. The SMILES string of the molecule is CC[C@H](C)NC(=O)NC(=O)COC(=O)/C=C/c1cc(Br)ccc1OC. The van der Waals surface area contributed by atoms with E-state index in [4.69, 9.17) is 9.47 Å². The molecular formula is C17H21BrN2O5. The number of urea groups is 1. The van der Waals surface area contributed by atoms with Crippen molar-refractivity contribution in [3.05, 3.63) is 34.3 Å². The molecule has 1 aromatic carbocycles. The maximum absolute atomic E-state index is 11.7. The number of ether oxygens (including phenoxy) is 2. The predicted octanol–water partition coefficient (Wildman–Crippen LogP) is 2.64. The van der Waals surface area contributed by atoms with Crippen LogP contribution in [0.25, 0.3) is 6.08 Å². The maximum atomic E-state index is 11.7. The van der Waals surface area contributed by atoms with Gasteiger partial charge in [0.15, 0.2) is 6.61 Å². The highest BCUT2D eigenvalue weighted by Gasteiger charge is 2.11. The van der Waals surface area contributed by atoms with E-state index in [1.165, 1.54) is 19.3 Å². The second-order valence-corrected chi connectivity index (χ2v) is 6.07. The van der Waals surface area contributed by atoms with E-state index in [1.807, 2.05) is 19.9 Å². The number of esters is 1. The molecule has 136 valence electrons. The summed E-state index contributed by atoms with van der Waals surface area (Å²) in [7, 11) is 1.52. The van der Waals surface area contributed by atoms with Gasteiger partial charge in [0.2, 0.25) is 0 Å². The third kappa shape index (κ3) is 7.84. The smallest absolute Gasteiger partial charge is 0.331 e. The van der Waals surface area contributed by atoms with Gasteiger partial charge in [-0.05, 0) is 37.6 Å². The Hall–Kier alpha value is -2.35. The summed E-state index contributed by atoms with van der Waals surface area (Å²) in [6, 6.07) is 4.65. The van der Waals surface area contributed by atoms with Gasteiger partial charge in [0.25, 0.3) is 5.91 Å². The minimum Gasteiger partial charge on any atom is -0.496 e. The van der Waals surface area contributed by atoms with Crippen molar-refractivity contribution in [2.24, 2.45) is 0 Å². The van der Waals surface area contributed by atoms with Crippen LogP contribution in [0, 0.1) is 0 Å². The molecule has 2 N–H and O–H groups in total. The Morgan fingerprint density at radius 1 is 1.32 bits per heavy atom. The number of benzene rings is 1. The Balaban J connectivity index is 2.48. The van der Waals surface area contributed by atoms with Crippen molar-refractivity contribution in [2.75, 3.05) is 13.7 Å². The molecule has 0 unspecified atom stereocenters. The van der Waals surface area contributed by atoms with Crippen LogP contribution >= 0.6 is 15.9 Å². The molecule has 0 saturated heterocycles. The molecule has 0 aromatic heterocycles. The number of methoxy groups -OCH3 is 1. The van der Waals surface area contributed by atoms with E-state index in [-0.39, 0.29) is 6.04 Å². The van der Waals surface area contributed by atoms with Gasteiger partial charge in [-0.15, -0.1) is 0 Å². The first-order valence-corrected chi connectivity index (χ1v) is 8.43. The summed E-state index contributed by atoms with van der Waals surface area (Å²) in [5.41, 5.74) is 0.672. The zero-order chi connectivity index (χ0) is 18.8. The summed E-state index contributed by atoms with van der Waals surface area (Å²) < 4.78 is 10.8. The number of carbonyl (C=O) groups is 3. The average Bonchev–Trinajstić information content (AvgIpc) is 2.57. The minimum absolute atomic E-state index is 0.0570. The highest BCUT2D eigenvalue weighted by Crippen LogP contribution is 2.24. The lowest BCUT2D eigenvalue weighted by atomic mass is 10.2. The second kappa shape index (κ2) is 10.5. The fraction of sp³-hybridized carbons (Fsp3) is 0.353. The lowest BCUT2D eigenvalue weighted by molar-refractivity contribution is -0.143. The van der Waals surface area contributed by atoms with Gasteiger partial charge in [-0.1, -0.05) is 22.9 Å². The number of carbonyl (C=O) groups excluding carboxylic acids is 3. The normalized spacial score (nSPS) is 11.7. The fourth-order valence-electron chi connectivity index (χ4n) is 1.70. The summed E-state index contributed by atoms with van der Waals surface area (Å²) in [5, 5.41) is 4.65. The van der Waals surface area contributed by atoms with Gasteiger partial charge in [-0.25, -0.2) is 9.59 Å². The monoisotopic (exact) mass is 412 g/mol. The van der Waals surface area contributed by atoms with Crippen LogP contribution < -0.4 is 15.4 Å². The van der Waals surface area contributed by atoms with Crippen LogP contribution in [0.1, 0.15) is 25.8 Å². The van der Waals surface area contributed by atoms with E-state index < -0.39 is 24.5 Å². The molecule has 1 atom stereocenters. The van der Waals surface area contributed by atoms with E-state index in [9.17, 15) is 14.4 Å². The second-order valence-electron chi connectivity index (χ2n) is 5.16. The van der Waals surface area contributed by atoms with E-state index in [0.29, 0.717) is 11.3 Å². The number of amides is 3. The van der Waals surface area contributed by atoms with E-state index in [0.717, 1.165) is 10.9 Å². The number of rotatable bonds is 7. The standard InChI is InChI=1S/C17H21BrN2O5/c1-4-11(2)19-17(23)20-15(21)10-25-16(22)8-5-12-9-13(18)6-7-14(12)24-3/h5-9,11H,4,10H2,1-3H3,(H2,19,20,21,23)/b8-5+/t11-/m0/s1. The molecule has 25 heavy (non-hydrogen) atoms. The number of hydrogen-bond acceptors (Lipinski definition) is 5. The molecule has 0 heterocycles. The Kier molecular flexibility index (Phi) is 8.69. The van der Waals surface area contributed by atoms with Gasteiger partial charge in [-0.3, -0.25) is 10.1 Å². The van der Waals surface area contributed by atoms with Crippen LogP contribution in [0.3, 0.4) is 0 Å². The van der Waals surface area contributed by atoms with Crippen LogP contribution in [0.2, 0.25) is 0 Å². The van der Waals surface area contributed by atoms with Gasteiger partial charge in [0.05, 0.1) is 7.11 Å². The number of halogens is 1. The summed E-state index contributed by atoms with van der Waals surface area (Å²) in [6.45, 7) is 3.17. The Morgan fingerprint density at radius 2 is 2.04 bits per heavy atom. The van der Waals surface area contributed by atoms with Gasteiger partial charge >= 0.3 is 12.0 Å². The molecule has 8 heteroatoms. The predicted molar refractivity (Wildman–Crippen MR) is 97.1 cm³/mol. The molecule has 0 saturated carbocycles. The van der Waals surface area contributed by atoms with Gasteiger partial charge in [-0.2, -0.15) is 0 Å². The average molecular weight is 413 g/mol. The van der Waals surface area contributed by atoms with Crippen LogP contribution in [-0.2, 0) is 14.3 Å². The third-order valence-corrected chi connectivity index (χ3v) is 3.67. The summed E-state index contributed by atoms with van der Waals surface area (Å²) in [5.74, 6) is -0.825. The fourth-order valence-corrected chi connectivity index (χ4v) is 2.08. The van der Waals surface area contributed by atoms with E-state index in [1.54, 1.807) is 12.1 Å². The number of nitrogens with one attached hydrogen (secondary N) is 2. The molecule has 1 aromatic rings. The molecule has 0 fully saturated rings. The third-order valence-electron chi connectivity index (χ3n) is 3.18. The zero-order valence-electron chi connectivity index (χ0n) is 14.3. The number of imide groups is 1. The number of hydrogen-bond donors (Lipinski definition) is 2. The van der Waals surface area contributed by atoms with Crippen LogP contribution in [-0.4, -0.2) is 37.7 Å². The molecule has 0 aliphatic carbocycles. The van der Waals surface area contributed by atoms with Crippen LogP contribution in [0.5, 0.6) is 5.75 Å². The molecule has 0 bridgehead atoms. The van der Waals surface area contributed by atoms with Crippen LogP contribution in [0.4, 0.5) is 4.79 Å². The molecule has 0 aliphatic heterocycles. The Morgan fingerprint density at radius 3 is 2.68 bits per heavy atom. The van der Waals surface area contributed by atoms with Crippen molar-refractivity contribution in [2.45, 2.75) is 26.3 Å². The highest BCUT2D eigenvalue weighted by atomic mass is 79.9. The first kappa shape index (κ1) is 20.7. The van der Waals surface area contributed by atoms with Crippen molar-refractivity contribution < 1.29 is 23.9 Å².